The summed E-state index contributed by atoms with van der Waals surface area (Å²) in [6.45, 7) is 0. The molecule has 92 valence electrons. The Labute approximate surface area is 109 Å². The molecule has 0 aliphatic heterocycles. The maximum absolute atomic E-state index is 13.5. The fourth-order valence-electron chi connectivity index (χ4n) is 1.38. The van der Waals surface area contributed by atoms with Crippen LogP contribution >= 0.6 is 15.9 Å². The fourth-order valence-corrected chi connectivity index (χ4v) is 1.74. The van der Waals surface area contributed by atoms with Gasteiger partial charge in [-0.25, -0.2) is 9.18 Å². The van der Waals surface area contributed by atoms with E-state index in [4.69, 9.17) is 9.52 Å². The van der Waals surface area contributed by atoms with Gasteiger partial charge in [-0.15, -0.1) is 0 Å². The smallest absolute Gasteiger partial charge is 0.371 e. The van der Waals surface area contributed by atoms with E-state index in [1.54, 1.807) is 0 Å². The molecule has 6 heteroatoms. The average Bonchev–Trinajstić information content (AvgIpc) is 2.81. The zero-order chi connectivity index (χ0) is 13.3. The van der Waals surface area contributed by atoms with Crippen LogP contribution in [0.4, 0.5) is 4.39 Å². The molecule has 0 spiro atoms. The van der Waals surface area contributed by atoms with Crippen LogP contribution in [0.25, 0.3) is 0 Å². The van der Waals surface area contributed by atoms with Crippen molar-refractivity contribution < 1.29 is 23.5 Å². The highest BCUT2D eigenvalue weighted by molar-refractivity contribution is 9.10. The average molecular weight is 313 g/mol. The normalized spacial score (nSPS) is 10.3. The largest absolute Gasteiger partial charge is 0.475 e. The zero-order valence-corrected chi connectivity index (χ0v) is 10.4. The number of ketones is 1. The number of carbonyl (C=O) groups is 2. The molecule has 0 radical (unpaired) electrons. The summed E-state index contributed by atoms with van der Waals surface area (Å²) in [6.07, 6.45) is 0. The van der Waals surface area contributed by atoms with Gasteiger partial charge in [0.1, 0.15) is 5.82 Å². The Morgan fingerprint density at radius 2 is 1.83 bits per heavy atom. The summed E-state index contributed by atoms with van der Waals surface area (Å²) in [5.74, 6) is -3.28. The van der Waals surface area contributed by atoms with E-state index in [0.29, 0.717) is 4.47 Å². The molecular weight excluding hydrogens is 307 g/mol. The second kappa shape index (κ2) is 4.73. The topological polar surface area (TPSA) is 67.5 Å². The number of furan rings is 1. The molecule has 1 N–H and O–H groups in total. The number of hydrogen-bond acceptors (Lipinski definition) is 3. The van der Waals surface area contributed by atoms with Gasteiger partial charge < -0.3 is 9.52 Å². The van der Waals surface area contributed by atoms with Crippen molar-refractivity contribution in [3.05, 3.63) is 57.7 Å². The van der Waals surface area contributed by atoms with Gasteiger partial charge >= 0.3 is 5.97 Å². The van der Waals surface area contributed by atoms with Crippen LogP contribution in [0.15, 0.2) is 39.2 Å². The Morgan fingerprint density at radius 1 is 1.17 bits per heavy atom. The predicted octanol–water partition coefficient (Wildman–Crippen LogP) is 3.11. The third kappa shape index (κ3) is 2.33. The summed E-state index contributed by atoms with van der Waals surface area (Å²) < 4.78 is 18.8. The number of hydrogen-bond donors (Lipinski definition) is 1. The first kappa shape index (κ1) is 12.5. The molecular formula is C12H6BrFO4. The van der Waals surface area contributed by atoms with E-state index >= 15 is 0 Å². The number of carboxylic acid groups (broad SMARTS) is 1. The lowest BCUT2D eigenvalue weighted by Gasteiger charge is -2.00. The fraction of sp³-hybridized carbons (Fsp3) is 0. The molecule has 0 fully saturated rings. The number of carbonyl (C=O) groups excluding carboxylic acids is 1. The first-order valence-electron chi connectivity index (χ1n) is 4.82. The van der Waals surface area contributed by atoms with Gasteiger partial charge in [0.05, 0.1) is 5.56 Å². The highest BCUT2D eigenvalue weighted by Crippen LogP contribution is 2.20. The summed E-state index contributed by atoms with van der Waals surface area (Å²) >= 11 is 3.12. The van der Waals surface area contributed by atoms with E-state index in [9.17, 15) is 14.0 Å². The maximum Gasteiger partial charge on any atom is 0.371 e. The minimum absolute atomic E-state index is 0.185. The summed E-state index contributed by atoms with van der Waals surface area (Å²) in [4.78, 5) is 22.5. The van der Waals surface area contributed by atoms with E-state index in [1.807, 2.05) is 0 Å². The summed E-state index contributed by atoms with van der Waals surface area (Å²) in [7, 11) is 0. The molecule has 0 saturated carbocycles. The summed E-state index contributed by atoms with van der Waals surface area (Å²) in [5, 5.41) is 8.66. The molecule has 18 heavy (non-hydrogen) atoms. The quantitative estimate of drug-likeness (QED) is 0.884. The molecule has 0 saturated heterocycles. The van der Waals surface area contributed by atoms with E-state index < -0.39 is 17.6 Å². The molecule has 0 atom stereocenters. The molecule has 0 amide bonds. The molecule has 0 aliphatic rings. The van der Waals surface area contributed by atoms with Gasteiger partial charge in [-0.05, 0) is 30.3 Å². The minimum Gasteiger partial charge on any atom is -0.475 e. The zero-order valence-electron chi connectivity index (χ0n) is 8.81. The second-order valence-corrected chi connectivity index (χ2v) is 4.34. The van der Waals surface area contributed by atoms with Crippen molar-refractivity contribution >= 4 is 27.7 Å². The van der Waals surface area contributed by atoms with Crippen molar-refractivity contribution in [3.63, 3.8) is 0 Å². The number of halogens is 2. The lowest BCUT2D eigenvalue weighted by atomic mass is 10.1. The first-order valence-corrected chi connectivity index (χ1v) is 5.61. The number of rotatable bonds is 3. The summed E-state index contributed by atoms with van der Waals surface area (Å²) in [6, 6.07) is 6.24. The van der Waals surface area contributed by atoms with Crippen LogP contribution in [-0.2, 0) is 0 Å². The molecule has 0 aliphatic carbocycles. The molecule has 1 heterocycles. The molecule has 2 rings (SSSR count). The number of carboxylic acids is 1. The van der Waals surface area contributed by atoms with Gasteiger partial charge in [0.15, 0.2) is 5.76 Å². The monoisotopic (exact) mass is 312 g/mol. The molecule has 2 aromatic rings. The molecule has 1 aromatic carbocycles. The van der Waals surface area contributed by atoms with Crippen LogP contribution in [-0.4, -0.2) is 16.9 Å². The van der Waals surface area contributed by atoms with Gasteiger partial charge in [-0.3, -0.25) is 4.79 Å². The standard InChI is InChI=1S/C12H6BrFO4/c13-6-1-2-8(14)7(5-6)11(15)9-3-4-10(18-9)12(16)17/h1-5H,(H,16,17). The van der Waals surface area contributed by atoms with Gasteiger partial charge in [0.25, 0.3) is 0 Å². The Bertz CT molecular complexity index is 633. The van der Waals surface area contributed by atoms with Crippen LogP contribution < -0.4 is 0 Å². The Balaban J connectivity index is 2.41. The van der Waals surface area contributed by atoms with Crippen molar-refractivity contribution in [3.8, 4) is 0 Å². The summed E-state index contributed by atoms with van der Waals surface area (Å²) in [5.41, 5.74) is -0.185. The SMILES string of the molecule is O=C(O)c1ccc(C(=O)c2cc(Br)ccc2F)o1. The number of benzene rings is 1. The number of aromatic carboxylic acids is 1. The van der Waals surface area contributed by atoms with Crippen LogP contribution in [0, 0.1) is 5.82 Å². The van der Waals surface area contributed by atoms with Gasteiger partial charge in [0, 0.05) is 4.47 Å². The Morgan fingerprint density at radius 3 is 2.44 bits per heavy atom. The third-order valence-electron chi connectivity index (χ3n) is 2.21. The van der Waals surface area contributed by atoms with Crippen molar-refractivity contribution in [2.75, 3.05) is 0 Å². The lowest BCUT2D eigenvalue weighted by molar-refractivity contribution is 0.0660. The highest BCUT2D eigenvalue weighted by Gasteiger charge is 2.19. The first-order chi connectivity index (χ1) is 8.49. The van der Waals surface area contributed by atoms with E-state index in [1.165, 1.54) is 18.2 Å². The third-order valence-corrected chi connectivity index (χ3v) is 2.71. The highest BCUT2D eigenvalue weighted by atomic mass is 79.9. The minimum atomic E-state index is -1.29. The predicted molar refractivity (Wildman–Crippen MR) is 63.2 cm³/mol. The van der Waals surface area contributed by atoms with Crippen molar-refractivity contribution in [2.45, 2.75) is 0 Å². The van der Waals surface area contributed by atoms with Crippen molar-refractivity contribution in [1.29, 1.82) is 0 Å². The van der Waals surface area contributed by atoms with Crippen LogP contribution in [0.1, 0.15) is 26.7 Å². The Hall–Kier alpha value is -1.95. The molecule has 1 aromatic heterocycles. The second-order valence-electron chi connectivity index (χ2n) is 3.42. The van der Waals surface area contributed by atoms with E-state index in [0.717, 1.165) is 12.1 Å². The van der Waals surface area contributed by atoms with E-state index in [-0.39, 0.29) is 17.1 Å². The van der Waals surface area contributed by atoms with Crippen LogP contribution in [0.5, 0.6) is 0 Å². The Kier molecular flexibility index (Phi) is 3.29. The van der Waals surface area contributed by atoms with Crippen molar-refractivity contribution in [1.82, 2.24) is 0 Å². The molecule has 4 nitrogen and oxygen atoms in total. The molecule has 0 bridgehead atoms. The molecule has 0 unspecified atom stereocenters. The van der Waals surface area contributed by atoms with Gasteiger partial charge in [-0.1, -0.05) is 15.9 Å². The maximum atomic E-state index is 13.5. The van der Waals surface area contributed by atoms with Gasteiger partial charge in [-0.2, -0.15) is 0 Å². The van der Waals surface area contributed by atoms with Crippen molar-refractivity contribution in [2.24, 2.45) is 0 Å². The van der Waals surface area contributed by atoms with E-state index in [2.05, 4.69) is 15.9 Å². The van der Waals surface area contributed by atoms with Crippen LogP contribution in [0.3, 0.4) is 0 Å². The lowest BCUT2D eigenvalue weighted by Crippen LogP contribution is -2.03. The van der Waals surface area contributed by atoms with Crippen LogP contribution in [0.2, 0.25) is 0 Å². The van der Waals surface area contributed by atoms with Gasteiger partial charge in [0.2, 0.25) is 11.5 Å².